The van der Waals surface area contributed by atoms with Gasteiger partial charge >= 0.3 is 12.0 Å². The first-order chi connectivity index (χ1) is 6.32. The number of alkyl halides is 3. The third kappa shape index (κ3) is 1.25. The number of nitrogens with one attached hydrogen (secondary N) is 1. The van der Waals surface area contributed by atoms with Crippen LogP contribution in [0.2, 0.25) is 0 Å². The smallest absolute Gasteiger partial charge is 0.304 e. The molecule has 1 saturated heterocycles. The summed E-state index contributed by atoms with van der Waals surface area (Å²) in [4.78, 5) is 3.48. The van der Waals surface area contributed by atoms with E-state index in [4.69, 9.17) is 0 Å². The maximum Gasteiger partial charge on any atom is 0.482 e. The highest BCUT2D eigenvalue weighted by Crippen LogP contribution is 2.27. The lowest BCUT2D eigenvalue weighted by molar-refractivity contribution is -0.520. The average molecular weight is 206 g/mol. The van der Waals surface area contributed by atoms with Crippen molar-refractivity contribution < 1.29 is 17.7 Å². The lowest BCUT2D eigenvalue weighted by atomic mass is 10.00. The Hall–Kier alpha value is -0.910. The zero-order valence-corrected chi connectivity index (χ0v) is 7.94. The number of halogens is 3. The van der Waals surface area contributed by atoms with E-state index in [-0.39, 0.29) is 0 Å². The Labute approximate surface area is 79.3 Å². The molecule has 3 nitrogen and oxygen atoms in total. The summed E-state index contributed by atoms with van der Waals surface area (Å²) in [6.07, 6.45) is -4.34. The molecule has 78 valence electrons. The van der Waals surface area contributed by atoms with Gasteiger partial charge in [0.1, 0.15) is 0 Å². The first kappa shape index (κ1) is 9.64. The van der Waals surface area contributed by atoms with Gasteiger partial charge in [-0.2, -0.15) is 13.2 Å². The molecule has 6 heteroatoms. The predicted octanol–water partition coefficient (Wildman–Crippen LogP) is 0.754. The molecule has 2 rings (SSSR count). The fourth-order valence-electron chi connectivity index (χ4n) is 1.80. The summed E-state index contributed by atoms with van der Waals surface area (Å²) in [5, 5.41) is 3.03. The van der Waals surface area contributed by atoms with Gasteiger partial charge in [0, 0.05) is 6.54 Å². The molecule has 0 aliphatic carbocycles. The Morgan fingerprint density at radius 2 is 2.07 bits per heavy atom. The Balaban J connectivity index is 2.38. The van der Waals surface area contributed by atoms with Crippen molar-refractivity contribution in [3.63, 3.8) is 0 Å². The topological polar surface area (TPSA) is 27.4 Å². The molecule has 0 radical (unpaired) electrons. The van der Waals surface area contributed by atoms with Gasteiger partial charge < -0.3 is 5.32 Å². The molecule has 1 N–H and O–H groups in total. The molecule has 1 fully saturated rings. The van der Waals surface area contributed by atoms with Crippen LogP contribution < -0.4 is 5.32 Å². The Bertz CT molecular complexity index is 338. The van der Waals surface area contributed by atoms with E-state index in [1.54, 1.807) is 13.8 Å². The summed E-state index contributed by atoms with van der Waals surface area (Å²) in [7, 11) is 0. The molecule has 0 bridgehead atoms. The van der Waals surface area contributed by atoms with E-state index in [2.05, 4.69) is 10.3 Å². The van der Waals surface area contributed by atoms with Crippen molar-refractivity contribution in [3.8, 4) is 0 Å². The number of nitrogens with zero attached hydrogens (tertiary/aromatic N) is 2. The molecule has 0 aromatic carbocycles. The SMILES string of the molecule is CC1(C)CNCC2=NC(C(F)(F)F)=[N+]21. The quantitative estimate of drug-likeness (QED) is 0.582. The summed E-state index contributed by atoms with van der Waals surface area (Å²) in [5.74, 6) is -0.285. The van der Waals surface area contributed by atoms with Crippen LogP contribution in [0.5, 0.6) is 0 Å². The van der Waals surface area contributed by atoms with Crippen molar-refractivity contribution in [2.24, 2.45) is 4.99 Å². The van der Waals surface area contributed by atoms with Crippen LogP contribution in [0, 0.1) is 0 Å². The monoisotopic (exact) mass is 206 g/mol. The highest BCUT2D eigenvalue weighted by atomic mass is 19.4. The molecule has 0 amide bonds. The second-order valence-corrected chi connectivity index (χ2v) is 4.10. The van der Waals surface area contributed by atoms with E-state index in [1.807, 2.05) is 0 Å². The number of hydrogen-bond donors (Lipinski definition) is 1. The van der Waals surface area contributed by atoms with Gasteiger partial charge in [0.2, 0.25) is 0 Å². The Kier molecular flexibility index (Phi) is 1.76. The lowest BCUT2D eigenvalue weighted by Gasteiger charge is -2.37. The number of aliphatic imine (C=N–C) groups is 1. The normalized spacial score (nSPS) is 25.4. The van der Waals surface area contributed by atoms with Crippen LogP contribution in [-0.4, -0.2) is 41.1 Å². The Morgan fingerprint density at radius 1 is 1.43 bits per heavy atom. The molecule has 2 aliphatic heterocycles. The molecule has 0 atom stereocenters. The maximum atomic E-state index is 12.4. The van der Waals surface area contributed by atoms with Gasteiger partial charge in [0.25, 0.3) is 5.84 Å². The molecule has 0 spiro atoms. The Morgan fingerprint density at radius 3 is 2.57 bits per heavy atom. The van der Waals surface area contributed by atoms with Gasteiger partial charge in [0.05, 0.1) is 12.1 Å². The van der Waals surface area contributed by atoms with E-state index in [9.17, 15) is 13.2 Å². The number of hydrogen-bond acceptors (Lipinski definition) is 2. The number of amidine groups is 2. The van der Waals surface area contributed by atoms with Gasteiger partial charge in [0.15, 0.2) is 0 Å². The van der Waals surface area contributed by atoms with Crippen LogP contribution in [0.4, 0.5) is 13.2 Å². The number of rotatable bonds is 0. The van der Waals surface area contributed by atoms with Gasteiger partial charge in [-0.05, 0) is 13.8 Å². The molecule has 0 aromatic heterocycles. The highest BCUT2D eigenvalue weighted by molar-refractivity contribution is 6.04. The van der Waals surface area contributed by atoms with E-state index >= 15 is 0 Å². The van der Waals surface area contributed by atoms with E-state index in [1.165, 1.54) is 4.58 Å². The summed E-state index contributed by atoms with van der Waals surface area (Å²) < 4.78 is 38.5. The second-order valence-electron chi connectivity index (χ2n) is 4.10. The summed E-state index contributed by atoms with van der Waals surface area (Å²) in [5.41, 5.74) is -0.541. The third-order valence-corrected chi connectivity index (χ3v) is 2.40. The standard InChI is InChI=1S/C8H11F3N3/c1-7(2)4-12-3-5-13-6(14(5)7)8(9,10)11/h12H,3-4H2,1-2H3/q+1. The van der Waals surface area contributed by atoms with Crippen molar-refractivity contribution in [2.75, 3.05) is 13.1 Å². The van der Waals surface area contributed by atoms with Gasteiger partial charge in [-0.1, -0.05) is 4.99 Å². The van der Waals surface area contributed by atoms with Crippen LogP contribution in [-0.2, 0) is 0 Å². The molecule has 0 unspecified atom stereocenters. The summed E-state index contributed by atoms with van der Waals surface area (Å²) in [6, 6.07) is 0. The van der Waals surface area contributed by atoms with E-state index in [0.29, 0.717) is 18.9 Å². The minimum atomic E-state index is -4.34. The number of fused-ring (bicyclic) bond motifs is 1. The molecule has 0 aromatic rings. The second kappa shape index (κ2) is 2.56. The van der Waals surface area contributed by atoms with Crippen LogP contribution in [0.1, 0.15) is 13.8 Å². The summed E-state index contributed by atoms with van der Waals surface area (Å²) in [6.45, 7) is 4.48. The highest BCUT2D eigenvalue weighted by Gasteiger charge is 2.54. The molecular formula is C8H11F3N3+. The van der Waals surface area contributed by atoms with Crippen molar-refractivity contribution in [2.45, 2.75) is 25.6 Å². The zero-order chi connectivity index (χ0) is 10.6. The minimum Gasteiger partial charge on any atom is -0.304 e. The van der Waals surface area contributed by atoms with Gasteiger partial charge in [-0.15, -0.1) is 0 Å². The lowest BCUT2D eigenvalue weighted by Crippen LogP contribution is -2.63. The van der Waals surface area contributed by atoms with Crippen molar-refractivity contribution >= 4 is 11.7 Å². The van der Waals surface area contributed by atoms with Crippen LogP contribution in [0.3, 0.4) is 0 Å². The van der Waals surface area contributed by atoms with Gasteiger partial charge in [-0.3, -0.25) is 0 Å². The van der Waals surface area contributed by atoms with Crippen LogP contribution >= 0.6 is 0 Å². The molecular weight excluding hydrogens is 195 g/mol. The average Bonchev–Trinajstić information content (AvgIpc) is 1.88. The maximum absolute atomic E-state index is 12.4. The molecule has 2 heterocycles. The third-order valence-electron chi connectivity index (χ3n) is 2.40. The van der Waals surface area contributed by atoms with Crippen LogP contribution in [0.15, 0.2) is 4.99 Å². The fourth-order valence-corrected chi connectivity index (χ4v) is 1.80. The predicted molar refractivity (Wildman–Crippen MR) is 45.7 cm³/mol. The van der Waals surface area contributed by atoms with E-state index < -0.39 is 17.6 Å². The molecule has 14 heavy (non-hydrogen) atoms. The van der Waals surface area contributed by atoms with E-state index in [0.717, 1.165) is 0 Å². The summed E-state index contributed by atoms with van der Waals surface area (Å²) >= 11 is 0. The van der Waals surface area contributed by atoms with Crippen LogP contribution in [0.25, 0.3) is 0 Å². The van der Waals surface area contributed by atoms with Crippen molar-refractivity contribution in [1.82, 2.24) is 5.32 Å². The minimum absolute atomic E-state index is 0.420. The fraction of sp³-hybridized carbons (Fsp3) is 0.750. The first-order valence-electron chi connectivity index (χ1n) is 4.35. The number of piperazine rings is 1. The largest absolute Gasteiger partial charge is 0.482 e. The first-order valence-corrected chi connectivity index (χ1v) is 4.35. The van der Waals surface area contributed by atoms with Crippen molar-refractivity contribution in [3.05, 3.63) is 0 Å². The molecule has 2 aliphatic rings. The van der Waals surface area contributed by atoms with Gasteiger partial charge in [-0.25, -0.2) is 4.58 Å². The van der Waals surface area contributed by atoms with Crippen molar-refractivity contribution in [1.29, 1.82) is 0 Å². The molecule has 0 saturated carbocycles. The zero-order valence-electron chi connectivity index (χ0n) is 7.94.